The summed E-state index contributed by atoms with van der Waals surface area (Å²) in [6.45, 7) is 4.68. The molecule has 0 saturated carbocycles. The van der Waals surface area contributed by atoms with Crippen LogP contribution in [0, 0.1) is 0 Å². The molecule has 6 nitrogen and oxygen atoms in total. The highest BCUT2D eigenvalue weighted by Crippen LogP contribution is 2.27. The van der Waals surface area contributed by atoms with Crippen LogP contribution in [0.5, 0.6) is 11.5 Å². The van der Waals surface area contributed by atoms with Crippen LogP contribution in [0.3, 0.4) is 0 Å². The van der Waals surface area contributed by atoms with Gasteiger partial charge in [-0.05, 0) is 49.2 Å². The minimum absolute atomic E-state index is 0.114. The molecule has 2 heterocycles. The molecule has 2 N–H and O–H groups in total. The molecule has 30 heavy (non-hydrogen) atoms. The van der Waals surface area contributed by atoms with Crippen LogP contribution in [0.15, 0.2) is 60.8 Å². The summed E-state index contributed by atoms with van der Waals surface area (Å²) in [7, 11) is 1.96. The van der Waals surface area contributed by atoms with Gasteiger partial charge in [0.05, 0.1) is 11.8 Å². The van der Waals surface area contributed by atoms with Gasteiger partial charge < -0.3 is 20.1 Å². The van der Waals surface area contributed by atoms with Gasteiger partial charge in [0.15, 0.2) is 0 Å². The van der Waals surface area contributed by atoms with E-state index in [2.05, 4.69) is 33.6 Å². The van der Waals surface area contributed by atoms with Gasteiger partial charge in [0, 0.05) is 57.1 Å². The van der Waals surface area contributed by atoms with Crippen LogP contribution in [0.25, 0.3) is 11.3 Å². The second-order valence-electron chi connectivity index (χ2n) is 7.87. The van der Waals surface area contributed by atoms with Gasteiger partial charge in [-0.15, -0.1) is 0 Å². The molecule has 1 fully saturated rings. The van der Waals surface area contributed by atoms with E-state index in [0.29, 0.717) is 0 Å². The molecule has 2 aromatic carbocycles. The molecule has 1 aromatic heterocycles. The summed E-state index contributed by atoms with van der Waals surface area (Å²) in [5, 5.41) is 17.8. The van der Waals surface area contributed by atoms with Crippen molar-refractivity contribution in [3.05, 3.63) is 66.4 Å². The maximum absolute atomic E-state index is 9.62. The van der Waals surface area contributed by atoms with Gasteiger partial charge in [-0.1, -0.05) is 18.2 Å². The number of aliphatic hydroxyl groups excluding tert-OH is 1. The lowest BCUT2D eigenvalue weighted by atomic mass is 10.1. The Morgan fingerprint density at radius 3 is 2.47 bits per heavy atom. The molecule has 0 bridgehead atoms. The molecule has 0 spiro atoms. The maximum atomic E-state index is 9.62. The minimum atomic E-state index is -0.114. The van der Waals surface area contributed by atoms with Crippen LogP contribution in [0.4, 0.5) is 0 Å². The number of ether oxygens (including phenoxy) is 1. The molecule has 3 aromatic rings. The van der Waals surface area contributed by atoms with Crippen molar-refractivity contribution in [2.24, 2.45) is 7.05 Å². The average Bonchev–Trinajstić information content (AvgIpc) is 3.14. The lowest BCUT2D eigenvalue weighted by Crippen LogP contribution is -2.39. The van der Waals surface area contributed by atoms with Crippen LogP contribution in [0.2, 0.25) is 0 Å². The van der Waals surface area contributed by atoms with E-state index in [1.165, 1.54) is 5.56 Å². The Morgan fingerprint density at radius 2 is 1.73 bits per heavy atom. The third-order valence-electron chi connectivity index (χ3n) is 5.49. The van der Waals surface area contributed by atoms with E-state index < -0.39 is 0 Å². The number of rotatable bonds is 8. The molecule has 0 radical (unpaired) electrons. The van der Waals surface area contributed by atoms with Crippen molar-refractivity contribution in [3.63, 3.8) is 0 Å². The molecule has 0 unspecified atom stereocenters. The largest absolute Gasteiger partial charge is 0.457 e. The number of benzene rings is 2. The smallest absolute Gasteiger partial charge is 0.127 e. The molecule has 0 aliphatic carbocycles. The number of para-hydroxylation sites is 1. The normalized spacial score (nSPS) is 15.4. The van der Waals surface area contributed by atoms with Crippen molar-refractivity contribution in [1.82, 2.24) is 20.0 Å². The van der Waals surface area contributed by atoms with Crippen LogP contribution in [-0.4, -0.2) is 52.1 Å². The quantitative estimate of drug-likeness (QED) is 0.561. The molecule has 1 saturated heterocycles. The van der Waals surface area contributed by atoms with Gasteiger partial charge >= 0.3 is 0 Å². The first kappa shape index (κ1) is 20.6. The Morgan fingerprint density at radius 1 is 1.03 bits per heavy atom. The first-order valence-electron chi connectivity index (χ1n) is 10.6. The number of piperidine rings is 1. The maximum Gasteiger partial charge on any atom is 0.127 e. The standard InChI is InChI=1S/C24H30N4O2/c1-27-18-20(17-25-13-16-28-14-11-21(29)12-15-28)24(26-27)19-7-9-23(10-8-19)30-22-5-3-2-4-6-22/h2-10,18,21,25,29H,11-17H2,1H3. The number of hydrogen-bond acceptors (Lipinski definition) is 5. The summed E-state index contributed by atoms with van der Waals surface area (Å²) < 4.78 is 7.76. The van der Waals surface area contributed by atoms with Crippen LogP contribution >= 0.6 is 0 Å². The van der Waals surface area contributed by atoms with Crippen molar-refractivity contribution in [1.29, 1.82) is 0 Å². The zero-order valence-corrected chi connectivity index (χ0v) is 17.5. The van der Waals surface area contributed by atoms with Gasteiger partial charge in [0.2, 0.25) is 0 Å². The Labute approximate surface area is 178 Å². The van der Waals surface area contributed by atoms with Crippen molar-refractivity contribution >= 4 is 0 Å². The highest BCUT2D eigenvalue weighted by atomic mass is 16.5. The van der Waals surface area contributed by atoms with E-state index in [4.69, 9.17) is 4.74 Å². The van der Waals surface area contributed by atoms with Gasteiger partial charge in [-0.3, -0.25) is 4.68 Å². The first-order chi connectivity index (χ1) is 14.7. The lowest BCUT2D eigenvalue weighted by Gasteiger charge is -2.29. The number of nitrogens with one attached hydrogen (secondary N) is 1. The molecule has 6 heteroatoms. The van der Waals surface area contributed by atoms with E-state index in [-0.39, 0.29) is 6.10 Å². The number of aryl methyl sites for hydroxylation is 1. The SMILES string of the molecule is Cn1cc(CNCCN2CCC(O)CC2)c(-c2ccc(Oc3ccccc3)cc2)n1. The molecule has 0 atom stereocenters. The number of aromatic nitrogens is 2. The number of hydrogen-bond donors (Lipinski definition) is 2. The van der Waals surface area contributed by atoms with E-state index in [1.807, 2.05) is 54.2 Å². The molecule has 0 amide bonds. The molecular formula is C24H30N4O2. The predicted molar refractivity (Wildman–Crippen MR) is 119 cm³/mol. The minimum Gasteiger partial charge on any atom is -0.457 e. The lowest BCUT2D eigenvalue weighted by molar-refractivity contribution is 0.0830. The van der Waals surface area contributed by atoms with E-state index in [0.717, 1.165) is 68.3 Å². The highest BCUT2D eigenvalue weighted by Gasteiger charge is 2.16. The molecular weight excluding hydrogens is 376 g/mol. The van der Waals surface area contributed by atoms with Gasteiger partial charge in [-0.25, -0.2) is 0 Å². The summed E-state index contributed by atoms with van der Waals surface area (Å²) in [4.78, 5) is 2.41. The Balaban J connectivity index is 1.33. The van der Waals surface area contributed by atoms with Gasteiger partial charge in [0.25, 0.3) is 0 Å². The zero-order valence-electron chi connectivity index (χ0n) is 17.5. The van der Waals surface area contributed by atoms with Crippen LogP contribution in [0.1, 0.15) is 18.4 Å². The summed E-state index contributed by atoms with van der Waals surface area (Å²) in [6, 6.07) is 17.9. The number of likely N-dealkylation sites (tertiary alicyclic amines) is 1. The fraction of sp³-hybridized carbons (Fsp3) is 0.375. The Bertz CT molecular complexity index is 916. The van der Waals surface area contributed by atoms with Crippen molar-refractivity contribution < 1.29 is 9.84 Å². The molecule has 158 valence electrons. The molecule has 1 aliphatic heterocycles. The number of nitrogens with zero attached hydrogens (tertiary/aromatic N) is 3. The fourth-order valence-corrected chi connectivity index (χ4v) is 3.82. The summed E-state index contributed by atoms with van der Waals surface area (Å²) >= 11 is 0. The van der Waals surface area contributed by atoms with E-state index in [9.17, 15) is 5.11 Å². The third-order valence-corrected chi connectivity index (χ3v) is 5.49. The van der Waals surface area contributed by atoms with E-state index >= 15 is 0 Å². The van der Waals surface area contributed by atoms with Crippen LogP contribution in [-0.2, 0) is 13.6 Å². The monoisotopic (exact) mass is 406 g/mol. The van der Waals surface area contributed by atoms with E-state index in [1.54, 1.807) is 0 Å². The topological polar surface area (TPSA) is 62.6 Å². The highest BCUT2D eigenvalue weighted by molar-refractivity contribution is 5.63. The second kappa shape index (κ2) is 9.89. The summed E-state index contributed by atoms with van der Waals surface area (Å²) in [6.07, 6.45) is 3.73. The summed E-state index contributed by atoms with van der Waals surface area (Å²) in [5.74, 6) is 1.64. The van der Waals surface area contributed by atoms with Crippen LogP contribution < -0.4 is 10.1 Å². The fourth-order valence-electron chi connectivity index (χ4n) is 3.82. The molecule has 4 rings (SSSR count). The Hall–Kier alpha value is -2.67. The second-order valence-corrected chi connectivity index (χ2v) is 7.87. The zero-order chi connectivity index (χ0) is 20.8. The van der Waals surface area contributed by atoms with Crippen molar-refractivity contribution in [3.8, 4) is 22.8 Å². The first-order valence-corrected chi connectivity index (χ1v) is 10.6. The van der Waals surface area contributed by atoms with Crippen molar-refractivity contribution in [2.45, 2.75) is 25.5 Å². The number of aliphatic hydroxyl groups is 1. The van der Waals surface area contributed by atoms with Crippen molar-refractivity contribution in [2.75, 3.05) is 26.2 Å². The Kier molecular flexibility index (Phi) is 6.79. The van der Waals surface area contributed by atoms with Gasteiger partial charge in [-0.2, -0.15) is 5.10 Å². The molecule has 1 aliphatic rings. The summed E-state index contributed by atoms with van der Waals surface area (Å²) in [5.41, 5.74) is 3.26. The van der Waals surface area contributed by atoms with Gasteiger partial charge in [0.1, 0.15) is 11.5 Å². The average molecular weight is 407 g/mol. The third kappa shape index (κ3) is 5.48. The predicted octanol–water partition coefficient (Wildman–Crippen LogP) is 3.43.